The predicted octanol–water partition coefficient (Wildman–Crippen LogP) is 2.70. The van der Waals surface area contributed by atoms with Crippen LogP contribution in [0.3, 0.4) is 0 Å². The maximum absolute atomic E-state index is 13.6. The van der Waals surface area contributed by atoms with Gasteiger partial charge in [0.2, 0.25) is 0 Å². The lowest BCUT2D eigenvalue weighted by Gasteiger charge is -2.34. The Morgan fingerprint density at radius 3 is 2.25 bits per heavy atom. The molecule has 1 aliphatic carbocycles. The van der Waals surface area contributed by atoms with Gasteiger partial charge in [0, 0.05) is 11.1 Å². The monoisotopic (exact) mass is 283 g/mol. The van der Waals surface area contributed by atoms with E-state index < -0.39 is 23.2 Å². The highest BCUT2D eigenvalue weighted by Crippen LogP contribution is 2.28. The highest BCUT2D eigenvalue weighted by atomic mass is 19.1. The topological polar surface area (TPSA) is 67.2 Å². The number of hydrazine groups is 1. The minimum Gasteiger partial charge on any atom is -0.347 e. The molecule has 1 aliphatic rings. The summed E-state index contributed by atoms with van der Waals surface area (Å²) in [5.41, 5.74) is 1.16. The number of rotatable bonds is 3. The van der Waals surface area contributed by atoms with Crippen molar-refractivity contribution in [2.24, 2.45) is 5.84 Å². The van der Waals surface area contributed by atoms with Gasteiger partial charge in [-0.15, -0.1) is 0 Å². The number of nitrogens with one attached hydrogen (secondary N) is 2. The van der Waals surface area contributed by atoms with E-state index in [0.29, 0.717) is 0 Å². The molecule has 0 heterocycles. The van der Waals surface area contributed by atoms with Gasteiger partial charge in [0.05, 0.1) is 0 Å². The summed E-state index contributed by atoms with van der Waals surface area (Å²) in [6.07, 6.45) is 5.02. The van der Waals surface area contributed by atoms with E-state index in [2.05, 4.69) is 5.32 Å². The van der Waals surface area contributed by atoms with E-state index in [1.54, 1.807) is 0 Å². The molecule has 0 unspecified atom stereocenters. The summed E-state index contributed by atoms with van der Waals surface area (Å²) in [5, 5.41) is 2.88. The first-order valence-electron chi connectivity index (χ1n) is 6.73. The van der Waals surface area contributed by atoms with Gasteiger partial charge in [-0.3, -0.25) is 10.6 Å². The lowest BCUT2D eigenvalue weighted by Crippen LogP contribution is -2.47. The van der Waals surface area contributed by atoms with E-state index in [-0.39, 0.29) is 11.1 Å². The Morgan fingerprint density at radius 1 is 1.20 bits per heavy atom. The van der Waals surface area contributed by atoms with Gasteiger partial charge in [-0.1, -0.05) is 19.3 Å². The Kier molecular flexibility index (Phi) is 4.23. The largest absolute Gasteiger partial charge is 0.347 e. The third kappa shape index (κ3) is 3.07. The Morgan fingerprint density at radius 2 is 1.75 bits per heavy atom. The number of carbonyl (C=O) groups excluding carboxylic acids is 1. The zero-order valence-corrected chi connectivity index (χ0v) is 11.4. The van der Waals surface area contributed by atoms with Crippen LogP contribution in [-0.2, 0) is 0 Å². The van der Waals surface area contributed by atoms with Gasteiger partial charge in [-0.05, 0) is 31.9 Å². The number of halogens is 2. The number of benzene rings is 1. The number of hydrogen-bond acceptors (Lipinski definition) is 3. The normalized spacial score (nSPS) is 17.6. The molecule has 0 aliphatic heterocycles. The summed E-state index contributed by atoms with van der Waals surface area (Å²) >= 11 is 0. The fourth-order valence-electron chi connectivity index (χ4n) is 2.65. The SMILES string of the molecule is CC1(NC(=O)c2cc(F)c(NN)c(F)c2)CCCCC1. The predicted molar refractivity (Wildman–Crippen MR) is 73.1 cm³/mol. The van der Waals surface area contributed by atoms with Crippen LogP contribution in [0.1, 0.15) is 49.4 Å². The number of hydrogen-bond donors (Lipinski definition) is 3. The average molecular weight is 283 g/mol. The fourth-order valence-corrected chi connectivity index (χ4v) is 2.65. The number of nitrogens with two attached hydrogens (primary N) is 1. The molecular weight excluding hydrogens is 264 g/mol. The maximum atomic E-state index is 13.6. The molecule has 1 aromatic carbocycles. The Labute approximate surface area is 116 Å². The molecule has 0 bridgehead atoms. The molecule has 4 N–H and O–H groups in total. The molecule has 2 rings (SSSR count). The van der Waals surface area contributed by atoms with Crippen molar-refractivity contribution in [3.8, 4) is 0 Å². The van der Waals surface area contributed by atoms with Gasteiger partial charge in [-0.25, -0.2) is 8.78 Å². The molecule has 1 aromatic rings. The van der Waals surface area contributed by atoms with Gasteiger partial charge in [0.1, 0.15) is 5.69 Å². The Bertz CT molecular complexity index is 490. The first-order chi connectivity index (χ1) is 9.45. The molecule has 1 amide bonds. The number of carbonyl (C=O) groups is 1. The smallest absolute Gasteiger partial charge is 0.251 e. The van der Waals surface area contributed by atoms with Crippen LogP contribution in [0.25, 0.3) is 0 Å². The van der Waals surface area contributed by atoms with Crippen molar-refractivity contribution in [1.29, 1.82) is 0 Å². The highest BCUT2D eigenvalue weighted by Gasteiger charge is 2.29. The summed E-state index contributed by atoms with van der Waals surface area (Å²) < 4.78 is 27.2. The third-order valence-corrected chi connectivity index (χ3v) is 3.82. The van der Waals surface area contributed by atoms with Crippen LogP contribution in [-0.4, -0.2) is 11.4 Å². The summed E-state index contributed by atoms with van der Waals surface area (Å²) in [5.74, 6) is 2.79. The van der Waals surface area contributed by atoms with Gasteiger partial charge in [-0.2, -0.15) is 0 Å². The lowest BCUT2D eigenvalue weighted by molar-refractivity contribution is 0.0882. The molecular formula is C14H19F2N3O. The molecule has 1 fully saturated rings. The molecule has 0 spiro atoms. The van der Waals surface area contributed by atoms with Gasteiger partial charge >= 0.3 is 0 Å². The second-order valence-electron chi connectivity index (χ2n) is 5.53. The van der Waals surface area contributed by atoms with Crippen LogP contribution in [0.15, 0.2) is 12.1 Å². The summed E-state index contributed by atoms with van der Waals surface area (Å²) in [6, 6.07) is 1.97. The number of anilines is 1. The highest BCUT2D eigenvalue weighted by molar-refractivity contribution is 5.95. The second-order valence-corrected chi connectivity index (χ2v) is 5.53. The zero-order chi connectivity index (χ0) is 14.8. The van der Waals surface area contributed by atoms with Crippen molar-refractivity contribution in [2.75, 3.05) is 5.43 Å². The van der Waals surface area contributed by atoms with Crippen molar-refractivity contribution in [3.63, 3.8) is 0 Å². The maximum Gasteiger partial charge on any atom is 0.251 e. The summed E-state index contributed by atoms with van der Waals surface area (Å²) in [6.45, 7) is 1.96. The summed E-state index contributed by atoms with van der Waals surface area (Å²) in [4.78, 5) is 12.1. The van der Waals surface area contributed by atoms with Crippen LogP contribution in [0.5, 0.6) is 0 Å². The van der Waals surface area contributed by atoms with Gasteiger partial charge < -0.3 is 10.7 Å². The molecule has 110 valence electrons. The molecule has 6 heteroatoms. The van der Waals surface area contributed by atoms with Crippen molar-refractivity contribution >= 4 is 11.6 Å². The minimum absolute atomic E-state index is 0.0363. The molecule has 0 saturated heterocycles. The quantitative estimate of drug-likeness (QED) is 0.590. The minimum atomic E-state index is -0.883. The van der Waals surface area contributed by atoms with Crippen molar-refractivity contribution in [3.05, 3.63) is 29.3 Å². The van der Waals surface area contributed by atoms with E-state index in [9.17, 15) is 13.6 Å². The van der Waals surface area contributed by atoms with Crippen LogP contribution in [0.2, 0.25) is 0 Å². The molecule has 0 radical (unpaired) electrons. The Hall–Kier alpha value is -1.69. The molecule has 20 heavy (non-hydrogen) atoms. The van der Waals surface area contributed by atoms with Crippen LogP contribution in [0, 0.1) is 11.6 Å². The molecule has 0 aromatic heterocycles. The number of amides is 1. The van der Waals surface area contributed by atoms with Crippen LogP contribution < -0.4 is 16.6 Å². The van der Waals surface area contributed by atoms with Gasteiger partial charge in [0.25, 0.3) is 5.91 Å². The van der Waals surface area contributed by atoms with E-state index in [1.165, 1.54) is 0 Å². The fraction of sp³-hybridized carbons (Fsp3) is 0.500. The number of nitrogen functional groups attached to an aromatic ring is 1. The second kappa shape index (κ2) is 5.75. The van der Waals surface area contributed by atoms with Crippen LogP contribution >= 0.6 is 0 Å². The van der Waals surface area contributed by atoms with Crippen molar-refractivity contribution in [1.82, 2.24) is 5.32 Å². The molecule has 1 saturated carbocycles. The Balaban J connectivity index is 2.17. The van der Waals surface area contributed by atoms with Gasteiger partial charge in [0.15, 0.2) is 11.6 Å². The van der Waals surface area contributed by atoms with Crippen LogP contribution in [0.4, 0.5) is 14.5 Å². The molecule has 4 nitrogen and oxygen atoms in total. The summed E-state index contributed by atoms with van der Waals surface area (Å²) in [7, 11) is 0. The first-order valence-corrected chi connectivity index (χ1v) is 6.73. The first kappa shape index (κ1) is 14.7. The third-order valence-electron chi connectivity index (χ3n) is 3.82. The van der Waals surface area contributed by atoms with E-state index >= 15 is 0 Å². The lowest BCUT2D eigenvalue weighted by atomic mass is 9.83. The van der Waals surface area contributed by atoms with Crippen molar-refractivity contribution < 1.29 is 13.6 Å². The van der Waals surface area contributed by atoms with Crippen molar-refractivity contribution in [2.45, 2.75) is 44.6 Å². The van der Waals surface area contributed by atoms with E-state index in [0.717, 1.165) is 44.2 Å². The van der Waals surface area contributed by atoms with E-state index in [4.69, 9.17) is 5.84 Å². The van der Waals surface area contributed by atoms with E-state index in [1.807, 2.05) is 12.3 Å². The molecule has 0 atom stereocenters. The zero-order valence-electron chi connectivity index (χ0n) is 11.4. The standard InChI is InChI=1S/C14H19F2N3O/c1-14(5-3-2-4-6-14)18-13(20)9-7-10(15)12(19-17)11(16)8-9/h7-8,19H,2-6,17H2,1H3,(H,18,20). The average Bonchev–Trinajstić information content (AvgIpc) is 2.38.